The molecule has 1 heterocycles. The van der Waals surface area contributed by atoms with Crippen LogP contribution in [0, 0.1) is 11.6 Å². The second-order valence-electron chi connectivity index (χ2n) is 3.20. The minimum Gasteiger partial charge on any atom is -0.253 e. The monoisotopic (exact) mass is 350 g/mol. The predicted molar refractivity (Wildman–Crippen MR) is 63.1 cm³/mol. The van der Waals surface area contributed by atoms with Crippen LogP contribution < -0.4 is 0 Å². The molecule has 84 valence electrons. The first kappa shape index (κ1) is 11.7. The maximum atomic E-state index is 13.0. The van der Waals surface area contributed by atoms with E-state index in [1.165, 1.54) is 6.07 Å². The number of benzene rings is 1. The lowest BCUT2D eigenvalue weighted by Gasteiger charge is -2.04. The summed E-state index contributed by atoms with van der Waals surface area (Å²) in [6.07, 6.45) is 0. The highest BCUT2D eigenvalue weighted by Crippen LogP contribution is 2.18. The Morgan fingerprint density at radius 1 is 1.12 bits per heavy atom. The Kier molecular flexibility index (Phi) is 3.39. The van der Waals surface area contributed by atoms with E-state index in [1.54, 1.807) is 10.7 Å². The number of aromatic nitrogens is 2. The molecule has 0 saturated heterocycles. The fourth-order valence-electron chi connectivity index (χ4n) is 1.29. The maximum absolute atomic E-state index is 13.0. The Morgan fingerprint density at radius 2 is 1.88 bits per heavy atom. The normalized spacial score (nSPS) is 10.8. The minimum atomic E-state index is -0.847. The molecule has 0 N–H and O–H groups in total. The van der Waals surface area contributed by atoms with Crippen LogP contribution in [0.5, 0.6) is 0 Å². The van der Waals surface area contributed by atoms with Crippen molar-refractivity contribution in [2.75, 3.05) is 0 Å². The number of hydrogen-bond donors (Lipinski definition) is 0. The summed E-state index contributed by atoms with van der Waals surface area (Å²) in [5.41, 5.74) is 0.648. The highest BCUT2D eigenvalue weighted by Gasteiger charge is 2.06. The van der Waals surface area contributed by atoms with Crippen molar-refractivity contribution >= 4 is 31.9 Å². The molecule has 16 heavy (non-hydrogen) atoms. The van der Waals surface area contributed by atoms with Crippen LogP contribution in [0.3, 0.4) is 0 Å². The molecular weight excluding hydrogens is 346 g/mol. The van der Waals surface area contributed by atoms with Crippen molar-refractivity contribution in [3.63, 3.8) is 0 Å². The van der Waals surface area contributed by atoms with Crippen molar-refractivity contribution in [3.8, 4) is 0 Å². The van der Waals surface area contributed by atoms with Gasteiger partial charge in [0.2, 0.25) is 0 Å². The zero-order chi connectivity index (χ0) is 11.7. The van der Waals surface area contributed by atoms with E-state index < -0.39 is 11.6 Å². The van der Waals surface area contributed by atoms with Crippen molar-refractivity contribution in [1.29, 1.82) is 0 Å². The molecule has 0 aliphatic heterocycles. The summed E-state index contributed by atoms with van der Waals surface area (Å²) >= 11 is 6.54. The molecule has 1 aromatic heterocycles. The largest absolute Gasteiger partial charge is 0.253 e. The molecule has 0 spiro atoms. The van der Waals surface area contributed by atoms with E-state index in [4.69, 9.17) is 0 Å². The summed E-state index contributed by atoms with van der Waals surface area (Å²) < 4.78 is 28.8. The standard InChI is InChI=1S/C10H6Br2F2N2/c11-9-4-10(12)16(15-9)5-6-1-2-7(13)8(14)3-6/h1-4H,5H2. The highest BCUT2D eigenvalue weighted by atomic mass is 79.9. The van der Waals surface area contributed by atoms with E-state index in [0.717, 1.165) is 16.7 Å². The quantitative estimate of drug-likeness (QED) is 0.806. The van der Waals surface area contributed by atoms with Gasteiger partial charge in [-0.05, 0) is 49.6 Å². The summed E-state index contributed by atoms with van der Waals surface area (Å²) in [5.74, 6) is -1.69. The Hall–Kier alpha value is -0.750. The lowest BCUT2D eigenvalue weighted by molar-refractivity contribution is 0.505. The summed E-state index contributed by atoms with van der Waals surface area (Å²) in [5, 5.41) is 4.13. The molecule has 0 amide bonds. The molecule has 0 unspecified atom stereocenters. The van der Waals surface area contributed by atoms with Crippen molar-refractivity contribution in [2.45, 2.75) is 6.54 Å². The van der Waals surface area contributed by atoms with E-state index in [9.17, 15) is 8.78 Å². The summed E-state index contributed by atoms with van der Waals surface area (Å²) in [4.78, 5) is 0. The SMILES string of the molecule is Fc1ccc(Cn2nc(Br)cc2Br)cc1F. The lowest BCUT2D eigenvalue weighted by Crippen LogP contribution is -2.02. The molecule has 2 aromatic rings. The summed E-state index contributed by atoms with van der Waals surface area (Å²) in [6.45, 7) is 0.378. The van der Waals surface area contributed by atoms with E-state index in [-0.39, 0.29) is 0 Å². The topological polar surface area (TPSA) is 17.8 Å². The van der Waals surface area contributed by atoms with Gasteiger partial charge in [-0.3, -0.25) is 4.68 Å². The molecule has 6 heteroatoms. The predicted octanol–water partition coefficient (Wildman–Crippen LogP) is 3.73. The van der Waals surface area contributed by atoms with Crippen molar-refractivity contribution in [2.24, 2.45) is 0 Å². The van der Waals surface area contributed by atoms with Crippen LogP contribution in [0.2, 0.25) is 0 Å². The third-order valence-corrected chi connectivity index (χ3v) is 3.04. The van der Waals surface area contributed by atoms with Crippen LogP contribution in [0.15, 0.2) is 33.5 Å². The molecule has 1 aromatic carbocycles. The Bertz CT molecular complexity index is 526. The van der Waals surface area contributed by atoms with Gasteiger partial charge >= 0.3 is 0 Å². The van der Waals surface area contributed by atoms with Crippen LogP contribution in [0.25, 0.3) is 0 Å². The maximum Gasteiger partial charge on any atom is 0.159 e. The first-order valence-corrected chi connectivity index (χ1v) is 5.97. The molecule has 0 atom stereocenters. The molecule has 2 rings (SSSR count). The van der Waals surface area contributed by atoms with E-state index in [2.05, 4.69) is 37.0 Å². The van der Waals surface area contributed by atoms with Gasteiger partial charge < -0.3 is 0 Å². The van der Waals surface area contributed by atoms with Crippen LogP contribution in [0.4, 0.5) is 8.78 Å². The zero-order valence-corrected chi connectivity index (χ0v) is 11.1. The molecule has 0 aliphatic rings. The summed E-state index contributed by atoms with van der Waals surface area (Å²) in [6, 6.07) is 5.58. The molecule has 0 saturated carbocycles. The van der Waals surface area contributed by atoms with Gasteiger partial charge in [-0.1, -0.05) is 6.07 Å². The first-order valence-electron chi connectivity index (χ1n) is 4.39. The smallest absolute Gasteiger partial charge is 0.159 e. The van der Waals surface area contributed by atoms with Gasteiger partial charge in [0.25, 0.3) is 0 Å². The molecule has 0 fully saturated rings. The average Bonchev–Trinajstić information content (AvgIpc) is 2.51. The Balaban J connectivity index is 2.27. The van der Waals surface area contributed by atoms with Crippen LogP contribution in [-0.4, -0.2) is 9.78 Å². The molecular formula is C10H6Br2F2N2. The van der Waals surface area contributed by atoms with Gasteiger partial charge in [-0.25, -0.2) is 8.78 Å². The average molecular weight is 352 g/mol. The lowest BCUT2D eigenvalue weighted by atomic mass is 10.2. The van der Waals surface area contributed by atoms with Crippen molar-refractivity contribution < 1.29 is 8.78 Å². The molecule has 0 bridgehead atoms. The van der Waals surface area contributed by atoms with Crippen molar-refractivity contribution in [1.82, 2.24) is 9.78 Å². The van der Waals surface area contributed by atoms with Crippen LogP contribution >= 0.6 is 31.9 Å². The number of rotatable bonds is 2. The third-order valence-electron chi connectivity index (χ3n) is 2.02. The van der Waals surface area contributed by atoms with Gasteiger partial charge in [0.15, 0.2) is 11.6 Å². The Labute approximate surface area is 108 Å². The first-order chi connectivity index (χ1) is 7.56. The highest BCUT2D eigenvalue weighted by molar-refractivity contribution is 9.11. The molecule has 2 nitrogen and oxygen atoms in total. The van der Waals surface area contributed by atoms with E-state index in [1.807, 2.05) is 0 Å². The van der Waals surface area contributed by atoms with E-state index >= 15 is 0 Å². The fourth-order valence-corrected chi connectivity index (χ4v) is 2.42. The minimum absolute atomic E-state index is 0.378. The van der Waals surface area contributed by atoms with Crippen LogP contribution in [-0.2, 0) is 6.54 Å². The summed E-state index contributed by atoms with van der Waals surface area (Å²) in [7, 11) is 0. The van der Waals surface area contributed by atoms with Gasteiger partial charge in [-0.15, -0.1) is 0 Å². The number of hydrogen-bond acceptors (Lipinski definition) is 1. The third kappa shape index (κ3) is 2.49. The van der Waals surface area contributed by atoms with Gasteiger partial charge in [-0.2, -0.15) is 5.10 Å². The second kappa shape index (κ2) is 4.63. The van der Waals surface area contributed by atoms with Crippen LogP contribution in [0.1, 0.15) is 5.56 Å². The van der Waals surface area contributed by atoms with Gasteiger partial charge in [0, 0.05) is 6.07 Å². The second-order valence-corrected chi connectivity index (χ2v) is 4.82. The van der Waals surface area contributed by atoms with Gasteiger partial charge in [0.1, 0.15) is 9.21 Å². The Morgan fingerprint density at radius 3 is 2.44 bits per heavy atom. The van der Waals surface area contributed by atoms with Crippen molar-refractivity contribution in [3.05, 3.63) is 50.7 Å². The molecule has 0 aliphatic carbocycles. The van der Waals surface area contributed by atoms with Gasteiger partial charge in [0.05, 0.1) is 6.54 Å². The number of nitrogens with zero attached hydrogens (tertiary/aromatic N) is 2. The fraction of sp³-hybridized carbons (Fsp3) is 0.100. The van der Waals surface area contributed by atoms with E-state index in [0.29, 0.717) is 16.7 Å². The zero-order valence-electron chi connectivity index (χ0n) is 7.92. The molecule has 0 radical (unpaired) electrons. The number of halogens is 4.